The molecule has 3 rings (SSSR count). The summed E-state index contributed by atoms with van der Waals surface area (Å²) in [6.45, 7) is 9.97. The Morgan fingerprint density at radius 1 is 1.24 bits per heavy atom. The zero-order valence-electron chi connectivity index (χ0n) is 13.8. The van der Waals surface area contributed by atoms with Crippen LogP contribution in [0.2, 0.25) is 0 Å². The zero-order valence-corrected chi connectivity index (χ0v) is 13.8. The Morgan fingerprint density at radius 2 is 1.90 bits per heavy atom. The summed E-state index contributed by atoms with van der Waals surface area (Å²) in [5, 5.41) is 0. The normalized spacial score (nSPS) is 21.4. The van der Waals surface area contributed by atoms with Crippen LogP contribution in [0, 0.1) is 0 Å². The molecule has 1 aromatic heterocycles. The summed E-state index contributed by atoms with van der Waals surface area (Å²) in [6.07, 6.45) is 3.68. The highest BCUT2D eigenvalue weighted by molar-refractivity contribution is 5.92. The average Bonchev–Trinajstić information content (AvgIpc) is 2.92. The van der Waals surface area contributed by atoms with Gasteiger partial charge in [0.05, 0.1) is 17.9 Å². The summed E-state index contributed by atoms with van der Waals surface area (Å²) in [6, 6.07) is 0. The van der Waals surface area contributed by atoms with E-state index in [1.807, 2.05) is 34.6 Å². The Kier molecular flexibility index (Phi) is 6.75. The van der Waals surface area contributed by atoms with E-state index in [1.165, 1.54) is 0 Å². The summed E-state index contributed by atoms with van der Waals surface area (Å²) in [4.78, 5) is 20.3. The summed E-state index contributed by atoms with van der Waals surface area (Å²) in [7, 11) is 0. The maximum absolute atomic E-state index is 11.5. The van der Waals surface area contributed by atoms with Crippen LogP contribution in [0.25, 0.3) is 0 Å². The molecule has 1 aromatic rings. The molecule has 2 N–H and O–H groups in total. The summed E-state index contributed by atoms with van der Waals surface area (Å²) >= 11 is 0. The molecular weight excluding hydrogens is 266 g/mol. The van der Waals surface area contributed by atoms with Gasteiger partial charge in [-0.3, -0.25) is 4.79 Å². The van der Waals surface area contributed by atoms with Gasteiger partial charge in [0.2, 0.25) is 0 Å². The second-order valence-electron chi connectivity index (χ2n) is 4.59. The Labute approximate surface area is 127 Å². The van der Waals surface area contributed by atoms with Gasteiger partial charge in [0.1, 0.15) is 11.5 Å². The van der Waals surface area contributed by atoms with Crippen molar-refractivity contribution in [2.45, 2.75) is 72.5 Å². The SMILES string of the molecule is CC.CC.CCc1nc2c(c(C(N)=O)n1)C1CCC(C2)O1. The topological polar surface area (TPSA) is 78.1 Å². The molecule has 0 saturated carbocycles. The number of fused-ring (bicyclic) bond motifs is 4. The number of ether oxygens (including phenoxy) is 1. The Hall–Kier alpha value is -1.49. The van der Waals surface area contributed by atoms with Gasteiger partial charge >= 0.3 is 0 Å². The van der Waals surface area contributed by atoms with Gasteiger partial charge in [0.15, 0.2) is 0 Å². The second kappa shape index (κ2) is 8.08. The van der Waals surface area contributed by atoms with Crippen LogP contribution in [0.5, 0.6) is 0 Å². The van der Waals surface area contributed by atoms with Crippen molar-refractivity contribution < 1.29 is 9.53 Å². The summed E-state index contributed by atoms with van der Waals surface area (Å²) < 4.78 is 5.80. The van der Waals surface area contributed by atoms with Gasteiger partial charge in [0.25, 0.3) is 5.91 Å². The average molecular weight is 293 g/mol. The molecule has 5 nitrogen and oxygen atoms in total. The quantitative estimate of drug-likeness (QED) is 0.909. The molecule has 2 bridgehead atoms. The van der Waals surface area contributed by atoms with Gasteiger partial charge in [-0.25, -0.2) is 9.97 Å². The van der Waals surface area contributed by atoms with Crippen molar-refractivity contribution in [1.82, 2.24) is 9.97 Å². The fourth-order valence-electron chi connectivity index (χ4n) is 2.69. The lowest BCUT2D eigenvalue weighted by Gasteiger charge is -2.24. The Bertz CT molecular complexity index is 489. The highest BCUT2D eigenvalue weighted by atomic mass is 16.5. The minimum absolute atomic E-state index is 0.0304. The molecular formula is C16H27N3O2. The Balaban J connectivity index is 0.000000510. The zero-order chi connectivity index (χ0) is 16.0. The van der Waals surface area contributed by atoms with Crippen molar-refractivity contribution in [3.8, 4) is 0 Å². The van der Waals surface area contributed by atoms with Crippen molar-refractivity contribution in [3.63, 3.8) is 0 Å². The lowest BCUT2D eigenvalue weighted by Crippen LogP contribution is -2.26. The van der Waals surface area contributed by atoms with Crippen molar-refractivity contribution in [2.75, 3.05) is 0 Å². The number of nitrogens with two attached hydrogens (primary N) is 1. The molecule has 1 fully saturated rings. The van der Waals surface area contributed by atoms with Crippen LogP contribution in [0.15, 0.2) is 0 Å². The van der Waals surface area contributed by atoms with E-state index in [0.29, 0.717) is 17.9 Å². The van der Waals surface area contributed by atoms with Crippen molar-refractivity contribution >= 4 is 5.91 Å². The largest absolute Gasteiger partial charge is 0.370 e. The number of carbonyl (C=O) groups excluding carboxylic acids is 1. The van der Waals surface area contributed by atoms with E-state index in [-0.39, 0.29) is 12.2 Å². The molecule has 2 aliphatic rings. The van der Waals surface area contributed by atoms with E-state index in [0.717, 1.165) is 30.5 Å². The number of carbonyl (C=O) groups is 1. The lowest BCUT2D eigenvalue weighted by molar-refractivity contribution is 0.0298. The van der Waals surface area contributed by atoms with E-state index in [1.54, 1.807) is 0 Å². The molecule has 3 heterocycles. The number of nitrogens with zero attached hydrogens (tertiary/aromatic N) is 2. The first-order valence-electron chi connectivity index (χ1n) is 8.04. The van der Waals surface area contributed by atoms with Crippen LogP contribution in [0.1, 0.15) is 81.1 Å². The molecule has 1 amide bonds. The molecule has 2 unspecified atom stereocenters. The van der Waals surface area contributed by atoms with Gasteiger partial charge in [0, 0.05) is 18.4 Å². The van der Waals surface area contributed by atoms with Crippen LogP contribution in [0.3, 0.4) is 0 Å². The van der Waals surface area contributed by atoms with Crippen molar-refractivity contribution in [2.24, 2.45) is 5.73 Å². The molecule has 0 aromatic carbocycles. The van der Waals surface area contributed by atoms with E-state index in [2.05, 4.69) is 9.97 Å². The van der Waals surface area contributed by atoms with Crippen molar-refractivity contribution in [3.05, 3.63) is 22.8 Å². The van der Waals surface area contributed by atoms with E-state index >= 15 is 0 Å². The monoisotopic (exact) mass is 293 g/mol. The molecule has 0 radical (unpaired) electrons. The second-order valence-corrected chi connectivity index (χ2v) is 4.59. The van der Waals surface area contributed by atoms with Gasteiger partial charge in [-0.2, -0.15) is 0 Å². The maximum Gasteiger partial charge on any atom is 0.267 e. The maximum atomic E-state index is 11.5. The number of amides is 1. The first kappa shape index (κ1) is 17.6. The number of aryl methyl sites for hydroxylation is 1. The van der Waals surface area contributed by atoms with Crippen LogP contribution in [0.4, 0.5) is 0 Å². The van der Waals surface area contributed by atoms with Crippen LogP contribution < -0.4 is 5.73 Å². The van der Waals surface area contributed by atoms with Crippen molar-refractivity contribution in [1.29, 1.82) is 0 Å². The van der Waals surface area contributed by atoms with Crippen LogP contribution >= 0.6 is 0 Å². The molecule has 21 heavy (non-hydrogen) atoms. The third-order valence-electron chi connectivity index (χ3n) is 3.47. The first-order chi connectivity index (χ1) is 10.2. The fraction of sp³-hybridized carbons (Fsp3) is 0.688. The number of rotatable bonds is 2. The predicted octanol–water partition coefficient (Wildman–Crippen LogP) is 2.97. The fourth-order valence-corrected chi connectivity index (χ4v) is 2.69. The Morgan fingerprint density at radius 3 is 2.48 bits per heavy atom. The van der Waals surface area contributed by atoms with Gasteiger partial charge in [-0.15, -0.1) is 0 Å². The smallest absolute Gasteiger partial charge is 0.267 e. The van der Waals surface area contributed by atoms with Gasteiger partial charge in [-0.05, 0) is 12.8 Å². The highest BCUT2D eigenvalue weighted by Crippen LogP contribution is 2.41. The molecule has 0 spiro atoms. The minimum atomic E-state index is -0.479. The van der Waals surface area contributed by atoms with E-state index in [4.69, 9.17) is 10.5 Å². The number of aromatic nitrogens is 2. The third kappa shape index (κ3) is 3.59. The van der Waals surface area contributed by atoms with E-state index < -0.39 is 5.91 Å². The van der Waals surface area contributed by atoms with Gasteiger partial charge < -0.3 is 10.5 Å². The highest BCUT2D eigenvalue weighted by Gasteiger charge is 2.38. The summed E-state index contributed by atoms with van der Waals surface area (Å²) in [5.41, 5.74) is 7.56. The first-order valence-corrected chi connectivity index (χ1v) is 8.04. The standard InChI is InChI=1S/C12H15N3O2.2C2H6/c1-2-9-14-7-5-6-3-4-8(17-6)10(7)11(15-9)12(13)16;2*1-2/h6,8H,2-5H2,1H3,(H2,13,16);2*1-2H3. The lowest BCUT2D eigenvalue weighted by atomic mass is 10.0. The minimum Gasteiger partial charge on any atom is -0.370 e. The predicted molar refractivity (Wildman–Crippen MR) is 83.2 cm³/mol. The number of hydrogen-bond donors (Lipinski definition) is 1. The molecule has 0 aliphatic carbocycles. The number of hydrogen-bond acceptors (Lipinski definition) is 4. The molecule has 2 atom stereocenters. The third-order valence-corrected chi connectivity index (χ3v) is 3.47. The number of primary amides is 1. The molecule has 5 heteroatoms. The van der Waals surface area contributed by atoms with Crippen LogP contribution in [-0.2, 0) is 17.6 Å². The molecule has 118 valence electrons. The molecule has 2 aliphatic heterocycles. The van der Waals surface area contributed by atoms with Gasteiger partial charge in [-0.1, -0.05) is 34.6 Å². The van der Waals surface area contributed by atoms with E-state index in [9.17, 15) is 4.79 Å². The summed E-state index contributed by atoms with van der Waals surface area (Å²) in [5.74, 6) is 0.214. The van der Waals surface area contributed by atoms with Crippen LogP contribution in [-0.4, -0.2) is 22.0 Å². The molecule has 1 saturated heterocycles.